The first kappa shape index (κ1) is 15.8. The van der Waals surface area contributed by atoms with Gasteiger partial charge in [0.25, 0.3) is 0 Å². The second-order valence-corrected chi connectivity index (χ2v) is 6.81. The van der Waals surface area contributed by atoms with Crippen molar-refractivity contribution in [3.63, 3.8) is 0 Å². The second kappa shape index (κ2) is 7.41. The van der Waals surface area contributed by atoms with Gasteiger partial charge in [-0.15, -0.1) is 0 Å². The number of nitrogens with one attached hydrogen (secondary N) is 2. The summed E-state index contributed by atoms with van der Waals surface area (Å²) in [6.07, 6.45) is 6.96. The number of methoxy groups -OCH3 is 1. The number of hydrogen-bond acceptors (Lipinski definition) is 3. The smallest absolute Gasteiger partial charge is 0.228 e. The fourth-order valence-corrected chi connectivity index (χ4v) is 3.79. The first-order valence-electron chi connectivity index (χ1n) is 8.14. The van der Waals surface area contributed by atoms with E-state index in [0.29, 0.717) is 12.5 Å². The Balaban J connectivity index is 1.85. The Hall–Kier alpha value is -0.610. The molecule has 0 aromatic heterocycles. The average molecular weight is 282 g/mol. The van der Waals surface area contributed by atoms with Gasteiger partial charge in [-0.2, -0.15) is 0 Å². The first-order chi connectivity index (χ1) is 9.66. The van der Waals surface area contributed by atoms with Gasteiger partial charge in [0.05, 0.1) is 12.0 Å². The molecule has 4 heteroatoms. The van der Waals surface area contributed by atoms with E-state index in [9.17, 15) is 4.79 Å². The fourth-order valence-electron chi connectivity index (χ4n) is 3.79. The van der Waals surface area contributed by atoms with Crippen LogP contribution in [0.1, 0.15) is 45.4 Å². The van der Waals surface area contributed by atoms with Gasteiger partial charge in [-0.25, -0.2) is 0 Å². The molecule has 116 valence electrons. The Kier molecular flexibility index (Phi) is 5.85. The van der Waals surface area contributed by atoms with Gasteiger partial charge in [-0.3, -0.25) is 4.79 Å². The topological polar surface area (TPSA) is 50.4 Å². The molecule has 2 aliphatic rings. The van der Waals surface area contributed by atoms with Crippen molar-refractivity contribution < 1.29 is 9.53 Å². The molecule has 2 rings (SSSR count). The van der Waals surface area contributed by atoms with Gasteiger partial charge in [0, 0.05) is 13.7 Å². The number of ether oxygens (including phenoxy) is 1. The maximum Gasteiger partial charge on any atom is 0.228 e. The van der Waals surface area contributed by atoms with Crippen molar-refractivity contribution >= 4 is 5.91 Å². The molecule has 1 aliphatic carbocycles. The molecule has 2 fully saturated rings. The zero-order chi connectivity index (χ0) is 14.4. The lowest BCUT2D eigenvalue weighted by atomic mass is 9.78. The highest BCUT2D eigenvalue weighted by Gasteiger charge is 2.39. The molecule has 0 aromatic rings. The van der Waals surface area contributed by atoms with E-state index in [1.807, 2.05) is 0 Å². The molecule has 2 unspecified atom stereocenters. The molecule has 4 nitrogen and oxygen atoms in total. The lowest BCUT2D eigenvalue weighted by molar-refractivity contribution is -0.136. The van der Waals surface area contributed by atoms with Crippen molar-refractivity contribution in [3.05, 3.63) is 0 Å². The quantitative estimate of drug-likeness (QED) is 0.810. The van der Waals surface area contributed by atoms with E-state index in [4.69, 9.17) is 4.74 Å². The van der Waals surface area contributed by atoms with Crippen LogP contribution in [0.25, 0.3) is 0 Å². The van der Waals surface area contributed by atoms with E-state index in [2.05, 4.69) is 17.6 Å². The van der Waals surface area contributed by atoms with Gasteiger partial charge >= 0.3 is 0 Å². The van der Waals surface area contributed by atoms with Crippen LogP contribution < -0.4 is 10.6 Å². The number of rotatable bonds is 5. The summed E-state index contributed by atoms with van der Waals surface area (Å²) in [6, 6.07) is 0. The zero-order valence-electron chi connectivity index (χ0n) is 13.0. The van der Waals surface area contributed by atoms with Crippen LogP contribution in [0.2, 0.25) is 0 Å². The lowest BCUT2D eigenvalue weighted by Crippen LogP contribution is -2.51. The molecule has 1 saturated heterocycles. The van der Waals surface area contributed by atoms with Crippen molar-refractivity contribution in [3.8, 4) is 0 Å². The largest absolute Gasteiger partial charge is 0.384 e. The minimum absolute atomic E-state index is 0.207. The third kappa shape index (κ3) is 3.95. The highest BCUT2D eigenvalue weighted by Crippen LogP contribution is 2.31. The van der Waals surface area contributed by atoms with Crippen LogP contribution in [-0.2, 0) is 9.53 Å². The van der Waals surface area contributed by atoms with E-state index >= 15 is 0 Å². The molecule has 0 spiro atoms. The number of carbonyl (C=O) groups is 1. The molecule has 20 heavy (non-hydrogen) atoms. The Labute approximate surface area is 123 Å². The molecule has 1 amide bonds. The van der Waals surface area contributed by atoms with Crippen LogP contribution >= 0.6 is 0 Å². The van der Waals surface area contributed by atoms with Crippen molar-refractivity contribution in [2.75, 3.05) is 33.4 Å². The lowest BCUT2D eigenvalue weighted by Gasteiger charge is -2.36. The molecule has 1 saturated carbocycles. The molecule has 1 heterocycles. The fraction of sp³-hybridized carbons (Fsp3) is 0.938. The van der Waals surface area contributed by atoms with E-state index in [1.165, 1.54) is 25.7 Å². The Morgan fingerprint density at radius 2 is 2.10 bits per heavy atom. The van der Waals surface area contributed by atoms with Gasteiger partial charge in [0.1, 0.15) is 0 Å². The molecule has 0 radical (unpaired) electrons. The van der Waals surface area contributed by atoms with Gasteiger partial charge in [-0.1, -0.05) is 19.8 Å². The molecule has 2 atom stereocenters. The Morgan fingerprint density at radius 1 is 1.35 bits per heavy atom. The summed E-state index contributed by atoms with van der Waals surface area (Å²) in [6.45, 7) is 5.55. The van der Waals surface area contributed by atoms with Crippen molar-refractivity contribution in [2.24, 2.45) is 17.3 Å². The average Bonchev–Trinajstić information content (AvgIpc) is 2.46. The molecule has 1 aliphatic heterocycles. The third-order valence-corrected chi connectivity index (χ3v) is 5.06. The molecule has 0 aromatic carbocycles. The predicted octanol–water partition coefficient (Wildman–Crippen LogP) is 1.95. The summed E-state index contributed by atoms with van der Waals surface area (Å²) in [5.74, 6) is 1.69. The van der Waals surface area contributed by atoms with Crippen LogP contribution in [0.5, 0.6) is 0 Å². The summed E-state index contributed by atoms with van der Waals surface area (Å²) in [7, 11) is 1.69. The van der Waals surface area contributed by atoms with Gasteiger partial charge in [0.15, 0.2) is 0 Å². The zero-order valence-corrected chi connectivity index (χ0v) is 13.0. The van der Waals surface area contributed by atoms with E-state index < -0.39 is 0 Å². The highest BCUT2D eigenvalue weighted by molar-refractivity contribution is 5.83. The van der Waals surface area contributed by atoms with Crippen LogP contribution in [-0.4, -0.2) is 39.3 Å². The van der Waals surface area contributed by atoms with E-state index in [0.717, 1.165) is 38.4 Å². The molecule has 0 bridgehead atoms. The monoisotopic (exact) mass is 282 g/mol. The Bertz CT molecular complexity index is 308. The normalized spacial score (nSPS) is 29.9. The van der Waals surface area contributed by atoms with Crippen LogP contribution in [0.15, 0.2) is 0 Å². The van der Waals surface area contributed by atoms with Crippen molar-refractivity contribution in [1.29, 1.82) is 0 Å². The Morgan fingerprint density at radius 3 is 2.75 bits per heavy atom. The summed E-state index contributed by atoms with van der Waals surface area (Å²) in [4.78, 5) is 12.6. The highest BCUT2D eigenvalue weighted by atomic mass is 16.5. The summed E-state index contributed by atoms with van der Waals surface area (Å²) in [5.41, 5.74) is -0.305. The number of piperidine rings is 1. The van der Waals surface area contributed by atoms with Crippen molar-refractivity contribution in [1.82, 2.24) is 10.6 Å². The molecular formula is C16H30N2O2. The maximum atomic E-state index is 12.6. The molecule has 2 N–H and O–H groups in total. The molecular weight excluding hydrogens is 252 g/mol. The number of amides is 1. The predicted molar refractivity (Wildman–Crippen MR) is 80.5 cm³/mol. The number of carbonyl (C=O) groups excluding carboxylic acids is 1. The maximum absolute atomic E-state index is 12.6. The SMILES string of the molecule is COCC1(C(=O)NCC2CCCC(C)C2)CCNCC1. The van der Waals surface area contributed by atoms with E-state index in [1.54, 1.807) is 7.11 Å². The van der Waals surface area contributed by atoms with E-state index in [-0.39, 0.29) is 11.3 Å². The van der Waals surface area contributed by atoms with Gasteiger partial charge in [-0.05, 0) is 50.6 Å². The van der Waals surface area contributed by atoms with Crippen LogP contribution in [0.3, 0.4) is 0 Å². The first-order valence-corrected chi connectivity index (χ1v) is 8.14. The van der Waals surface area contributed by atoms with Gasteiger partial charge in [0.2, 0.25) is 5.91 Å². The summed E-state index contributed by atoms with van der Waals surface area (Å²) >= 11 is 0. The van der Waals surface area contributed by atoms with Crippen LogP contribution in [0.4, 0.5) is 0 Å². The second-order valence-electron chi connectivity index (χ2n) is 6.81. The minimum atomic E-state index is -0.305. The summed E-state index contributed by atoms with van der Waals surface area (Å²) < 4.78 is 5.33. The van der Waals surface area contributed by atoms with Gasteiger partial charge < -0.3 is 15.4 Å². The third-order valence-electron chi connectivity index (χ3n) is 5.06. The number of hydrogen-bond donors (Lipinski definition) is 2. The summed E-state index contributed by atoms with van der Waals surface area (Å²) in [5, 5.41) is 6.55. The van der Waals surface area contributed by atoms with Crippen LogP contribution in [0, 0.1) is 17.3 Å². The minimum Gasteiger partial charge on any atom is -0.384 e. The standard InChI is InChI=1S/C16H30N2O2/c1-13-4-3-5-14(10-13)11-18-15(19)16(12-20-2)6-8-17-9-7-16/h13-14,17H,3-12H2,1-2H3,(H,18,19). The van der Waals surface area contributed by atoms with Crippen molar-refractivity contribution in [2.45, 2.75) is 45.4 Å².